The summed E-state index contributed by atoms with van der Waals surface area (Å²) in [5.74, 6) is -0.718. The van der Waals surface area contributed by atoms with Crippen molar-refractivity contribution < 1.29 is 13.9 Å². The van der Waals surface area contributed by atoms with E-state index in [1.807, 2.05) is 18.2 Å². The third kappa shape index (κ3) is 6.35. The Morgan fingerprint density at radius 1 is 1.12 bits per heavy atom. The van der Waals surface area contributed by atoms with E-state index in [0.29, 0.717) is 11.7 Å². The average molecular weight is 565 g/mol. The van der Waals surface area contributed by atoms with Gasteiger partial charge in [0.15, 0.2) is 5.11 Å². The molecule has 40 heavy (non-hydrogen) atoms. The number of carbonyl (C=O) groups excluding carboxylic acids is 1. The molecule has 4 heterocycles. The molecule has 0 aliphatic carbocycles. The van der Waals surface area contributed by atoms with E-state index in [1.165, 1.54) is 23.0 Å². The van der Waals surface area contributed by atoms with Gasteiger partial charge in [-0.15, -0.1) is 0 Å². The molecule has 2 fully saturated rings. The van der Waals surface area contributed by atoms with Crippen molar-refractivity contribution >= 4 is 28.9 Å². The number of anilines is 1. The van der Waals surface area contributed by atoms with Gasteiger partial charge in [0.1, 0.15) is 5.82 Å². The smallest absolute Gasteiger partial charge is 0.226 e. The number of ether oxygens (including phenoxy) is 1. The summed E-state index contributed by atoms with van der Waals surface area (Å²) >= 11 is 5.80. The molecule has 2 aliphatic rings. The lowest BCUT2D eigenvalue weighted by atomic mass is 9.96. The second-order valence-corrected chi connectivity index (χ2v) is 10.8. The summed E-state index contributed by atoms with van der Waals surface area (Å²) in [4.78, 5) is 22.0. The molecule has 2 atom stereocenters. The van der Waals surface area contributed by atoms with Gasteiger partial charge in [0.05, 0.1) is 36.7 Å². The molecule has 1 amide bonds. The van der Waals surface area contributed by atoms with Crippen molar-refractivity contribution in [2.24, 2.45) is 0 Å². The standard InChI is InChI=1S/C30H37FN6O2S/c1-21-20-23(22(2)36(21)14-7-13-35-16-18-39-19-17-35)29-28(26-10-5-6-12-32-26)34-30(40)37(29)15-11-27(38)33-25-9-4-3-8-24(25)31/h3-6,8-10,12,20,28-29H,7,11,13-19H2,1-2H3,(H,33,38)(H,34,40). The molecular formula is C30H37FN6O2S. The normalized spacial score (nSPS) is 19.6. The lowest BCUT2D eigenvalue weighted by Crippen LogP contribution is -2.37. The van der Waals surface area contributed by atoms with Crippen LogP contribution in [0.4, 0.5) is 10.1 Å². The van der Waals surface area contributed by atoms with Crippen LogP contribution >= 0.6 is 12.2 Å². The Balaban J connectivity index is 1.35. The molecule has 0 bridgehead atoms. The minimum atomic E-state index is -0.455. The van der Waals surface area contributed by atoms with Crippen LogP contribution in [0.1, 0.15) is 47.6 Å². The maximum Gasteiger partial charge on any atom is 0.226 e. The van der Waals surface area contributed by atoms with E-state index in [2.05, 4.69) is 49.9 Å². The quantitative estimate of drug-likeness (QED) is 0.355. The number of benzene rings is 1. The maximum absolute atomic E-state index is 14.1. The number of thiocarbonyl (C=S) groups is 1. The predicted octanol–water partition coefficient (Wildman–Crippen LogP) is 4.36. The number of nitrogens with one attached hydrogen (secondary N) is 2. The number of morpholine rings is 1. The number of halogens is 1. The molecule has 0 radical (unpaired) electrons. The van der Waals surface area contributed by atoms with Crippen LogP contribution < -0.4 is 10.6 Å². The summed E-state index contributed by atoms with van der Waals surface area (Å²) in [6.07, 6.45) is 3.01. The molecule has 8 nitrogen and oxygen atoms in total. The summed E-state index contributed by atoms with van der Waals surface area (Å²) in [6.45, 7) is 10.3. The molecule has 2 saturated heterocycles. The van der Waals surface area contributed by atoms with Gasteiger partial charge in [0.2, 0.25) is 5.91 Å². The number of nitrogens with zero attached hydrogens (tertiary/aromatic N) is 4. The average Bonchev–Trinajstić information content (AvgIpc) is 3.44. The van der Waals surface area contributed by atoms with Gasteiger partial charge in [-0.05, 0) is 68.4 Å². The molecule has 2 N–H and O–H groups in total. The Hall–Kier alpha value is -3.34. The minimum absolute atomic E-state index is 0.136. The van der Waals surface area contributed by atoms with E-state index in [4.69, 9.17) is 17.0 Å². The van der Waals surface area contributed by atoms with Crippen LogP contribution in [-0.2, 0) is 16.1 Å². The zero-order chi connectivity index (χ0) is 28.1. The summed E-state index contributed by atoms with van der Waals surface area (Å²) < 4.78 is 21.9. The van der Waals surface area contributed by atoms with Crippen molar-refractivity contribution in [3.63, 3.8) is 0 Å². The summed E-state index contributed by atoms with van der Waals surface area (Å²) in [7, 11) is 0. The number of hydrogen-bond acceptors (Lipinski definition) is 5. The Bertz CT molecular complexity index is 1330. The van der Waals surface area contributed by atoms with E-state index in [1.54, 1.807) is 24.4 Å². The molecule has 10 heteroatoms. The third-order valence-electron chi connectivity index (χ3n) is 7.82. The first-order chi connectivity index (χ1) is 19.4. The molecule has 0 spiro atoms. The number of hydrogen-bond donors (Lipinski definition) is 2. The third-order valence-corrected chi connectivity index (χ3v) is 8.17. The fourth-order valence-corrected chi connectivity index (χ4v) is 6.06. The van der Waals surface area contributed by atoms with Crippen molar-refractivity contribution in [2.75, 3.05) is 44.7 Å². The minimum Gasteiger partial charge on any atom is -0.379 e. The van der Waals surface area contributed by atoms with Crippen molar-refractivity contribution in [3.05, 3.63) is 83.2 Å². The van der Waals surface area contributed by atoms with Gasteiger partial charge < -0.3 is 24.8 Å². The monoisotopic (exact) mass is 564 g/mol. The topological polar surface area (TPSA) is 74.7 Å². The van der Waals surface area contributed by atoms with Crippen molar-refractivity contribution in [1.82, 2.24) is 24.7 Å². The van der Waals surface area contributed by atoms with Crippen LogP contribution in [0.5, 0.6) is 0 Å². The van der Waals surface area contributed by atoms with E-state index in [-0.39, 0.29) is 30.1 Å². The summed E-state index contributed by atoms with van der Waals surface area (Å²) in [5, 5.41) is 6.74. The molecule has 3 aromatic rings. The molecule has 0 saturated carbocycles. The van der Waals surface area contributed by atoms with Gasteiger partial charge in [-0.1, -0.05) is 18.2 Å². The van der Waals surface area contributed by atoms with Gasteiger partial charge in [0.25, 0.3) is 0 Å². The maximum atomic E-state index is 14.1. The van der Waals surface area contributed by atoms with Crippen LogP contribution in [0.15, 0.2) is 54.7 Å². The number of aromatic nitrogens is 2. The molecule has 1 aromatic carbocycles. The first-order valence-corrected chi connectivity index (χ1v) is 14.3. The van der Waals surface area contributed by atoms with Crippen molar-refractivity contribution in [2.45, 2.75) is 45.3 Å². The highest BCUT2D eigenvalue weighted by Gasteiger charge is 2.41. The second-order valence-electron chi connectivity index (χ2n) is 10.4. The summed E-state index contributed by atoms with van der Waals surface area (Å²) in [6, 6.07) is 14.0. The molecule has 2 aromatic heterocycles. The van der Waals surface area contributed by atoms with Crippen LogP contribution in [0.3, 0.4) is 0 Å². The number of carbonyl (C=O) groups is 1. The molecule has 2 unspecified atom stereocenters. The summed E-state index contributed by atoms with van der Waals surface area (Å²) in [5.41, 5.74) is 4.63. The van der Waals surface area contributed by atoms with E-state index < -0.39 is 5.82 Å². The van der Waals surface area contributed by atoms with E-state index >= 15 is 0 Å². The highest BCUT2D eigenvalue weighted by atomic mass is 32.1. The number of amides is 1. The van der Waals surface area contributed by atoms with Gasteiger partial charge in [-0.3, -0.25) is 14.7 Å². The fourth-order valence-electron chi connectivity index (χ4n) is 5.73. The molecule has 5 rings (SSSR count). The Morgan fingerprint density at radius 2 is 1.90 bits per heavy atom. The van der Waals surface area contributed by atoms with Crippen LogP contribution in [0.2, 0.25) is 0 Å². The number of aryl methyl sites for hydroxylation is 1. The lowest BCUT2D eigenvalue weighted by Gasteiger charge is -2.28. The Morgan fingerprint density at radius 3 is 2.65 bits per heavy atom. The van der Waals surface area contributed by atoms with Crippen molar-refractivity contribution in [1.29, 1.82) is 0 Å². The van der Waals surface area contributed by atoms with Gasteiger partial charge in [0, 0.05) is 56.7 Å². The van der Waals surface area contributed by atoms with Gasteiger partial charge in [-0.2, -0.15) is 0 Å². The number of para-hydroxylation sites is 1. The highest BCUT2D eigenvalue weighted by Crippen LogP contribution is 2.41. The Labute approximate surface area is 240 Å². The second kappa shape index (κ2) is 12.9. The van der Waals surface area contributed by atoms with Crippen molar-refractivity contribution in [3.8, 4) is 0 Å². The highest BCUT2D eigenvalue weighted by molar-refractivity contribution is 7.80. The van der Waals surface area contributed by atoms with Crippen LogP contribution in [-0.4, -0.2) is 69.8 Å². The van der Waals surface area contributed by atoms with Crippen LogP contribution in [0, 0.1) is 19.7 Å². The van der Waals surface area contributed by atoms with Gasteiger partial charge >= 0.3 is 0 Å². The van der Waals surface area contributed by atoms with E-state index in [0.717, 1.165) is 51.5 Å². The number of pyridine rings is 1. The SMILES string of the molecule is Cc1cc(C2C(c3ccccn3)NC(=S)N2CCC(=O)Nc2ccccc2F)c(C)n1CCCN1CCOCC1. The molecule has 2 aliphatic heterocycles. The van der Waals surface area contributed by atoms with Crippen LogP contribution in [0.25, 0.3) is 0 Å². The first kappa shape index (κ1) is 28.2. The Kier molecular flexibility index (Phi) is 9.08. The zero-order valence-electron chi connectivity index (χ0n) is 23.1. The first-order valence-electron chi connectivity index (χ1n) is 13.9. The largest absolute Gasteiger partial charge is 0.379 e. The lowest BCUT2D eigenvalue weighted by molar-refractivity contribution is -0.116. The fraction of sp³-hybridized carbons (Fsp3) is 0.433. The molecule has 212 valence electrons. The predicted molar refractivity (Wildman–Crippen MR) is 158 cm³/mol. The van der Waals surface area contributed by atoms with Gasteiger partial charge in [-0.25, -0.2) is 4.39 Å². The zero-order valence-corrected chi connectivity index (χ0v) is 23.9. The molecular weight excluding hydrogens is 527 g/mol. The number of rotatable bonds is 10. The van der Waals surface area contributed by atoms with E-state index in [9.17, 15) is 9.18 Å².